The van der Waals surface area contributed by atoms with E-state index in [0.29, 0.717) is 18.3 Å². The highest BCUT2D eigenvalue weighted by atomic mass is 16.4. The van der Waals surface area contributed by atoms with Crippen LogP contribution in [0.2, 0.25) is 0 Å². The van der Waals surface area contributed by atoms with E-state index < -0.39 is 5.97 Å². The first-order valence-electron chi connectivity index (χ1n) is 7.95. The molecule has 0 atom stereocenters. The van der Waals surface area contributed by atoms with E-state index in [1.165, 1.54) is 37.0 Å². The fourth-order valence-corrected chi connectivity index (χ4v) is 2.57. The molecule has 1 aliphatic carbocycles. The molecule has 6 nitrogen and oxygen atoms in total. The molecule has 1 aromatic heterocycles. The first-order chi connectivity index (χ1) is 11.6. The average molecular weight is 325 g/mol. The molecule has 2 aromatic rings. The van der Waals surface area contributed by atoms with E-state index in [4.69, 9.17) is 5.11 Å². The van der Waals surface area contributed by atoms with Crippen molar-refractivity contribution < 1.29 is 14.7 Å². The highest BCUT2D eigenvalue weighted by Crippen LogP contribution is 2.35. The molecule has 1 fully saturated rings. The van der Waals surface area contributed by atoms with Gasteiger partial charge in [-0.25, -0.2) is 14.6 Å². The van der Waals surface area contributed by atoms with E-state index in [0.717, 1.165) is 5.56 Å². The van der Waals surface area contributed by atoms with Gasteiger partial charge in [-0.05, 0) is 48.1 Å². The smallest absolute Gasteiger partial charge is 0.335 e. The van der Waals surface area contributed by atoms with Gasteiger partial charge in [-0.2, -0.15) is 0 Å². The number of nitrogens with zero attached hydrogens (tertiary/aromatic N) is 1. The zero-order chi connectivity index (χ0) is 16.9. The minimum atomic E-state index is -0.969. The molecule has 124 valence electrons. The fourth-order valence-electron chi connectivity index (χ4n) is 2.57. The molecule has 24 heavy (non-hydrogen) atoms. The second kappa shape index (κ2) is 7.12. The average Bonchev–Trinajstić information content (AvgIpc) is 2.53. The Morgan fingerprint density at radius 1 is 1.12 bits per heavy atom. The standard InChI is InChI=1S/C18H19N3O3/c22-17(23)14-6-4-12(5-7-14)10-20-18(24)21-16-9-8-15(11-19-16)13-2-1-3-13/h4-9,11,13H,1-3,10H2,(H,22,23)(H2,19,20,21,24). The number of carboxylic acid groups (broad SMARTS) is 1. The number of carboxylic acids is 1. The van der Waals surface area contributed by atoms with Crippen molar-refractivity contribution in [3.63, 3.8) is 0 Å². The predicted molar refractivity (Wildman–Crippen MR) is 90.1 cm³/mol. The summed E-state index contributed by atoms with van der Waals surface area (Å²) in [4.78, 5) is 26.9. The first kappa shape index (κ1) is 16.0. The van der Waals surface area contributed by atoms with Crippen LogP contribution in [-0.2, 0) is 6.54 Å². The van der Waals surface area contributed by atoms with Crippen molar-refractivity contribution in [1.82, 2.24) is 10.3 Å². The van der Waals surface area contributed by atoms with Gasteiger partial charge in [-0.3, -0.25) is 5.32 Å². The molecule has 0 unspecified atom stereocenters. The number of aromatic nitrogens is 1. The van der Waals surface area contributed by atoms with E-state index in [1.54, 1.807) is 12.1 Å². The lowest BCUT2D eigenvalue weighted by atomic mass is 9.81. The van der Waals surface area contributed by atoms with Crippen LogP contribution in [-0.4, -0.2) is 22.1 Å². The Balaban J connectivity index is 1.49. The van der Waals surface area contributed by atoms with Crippen molar-refractivity contribution in [3.05, 3.63) is 59.3 Å². The highest BCUT2D eigenvalue weighted by Gasteiger charge is 2.19. The maximum Gasteiger partial charge on any atom is 0.335 e. The van der Waals surface area contributed by atoms with Crippen molar-refractivity contribution >= 4 is 17.8 Å². The number of anilines is 1. The molecule has 0 radical (unpaired) electrons. The van der Waals surface area contributed by atoms with E-state index in [-0.39, 0.29) is 11.6 Å². The van der Waals surface area contributed by atoms with Crippen LogP contribution in [0.4, 0.5) is 10.6 Å². The zero-order valence-corrected chi connectivity index (χ0v) is 13.2. The van der Waals surface area contributed by atoms with Gasteiger partial charge in [0.15, 0.2) is 0 Å². The number of carbonyl (C=O) groups is 2. The summed E-state index contributed by atoms with van der Waals surface area (Å²) in [7, 11) is 0. The summed E-state index contributed by atoms with van der Waals surface area (Å²) in [5.74, 6) is 0.162. The number of urea groups is 1. The van der Waals surface area contributed by atoms with Gasteiger partial charge in [0.2, 0.25) is 0 Å². The second-order valence-electron chi connectivity index (χ2n) is 5.91. The highest BCUT2D eigenvalue weighted by molar-refractivity contribution is 5.88. The van der Waals surface area contributed by atoms with Crippen molar-refractivity contribution in [2.45, 2.75) is 31.7 Å². The normalized spacial score (nSPS) is 13.8. The van der Waals surface area contributed by atoms with Crippen LogP contribution >= 0.6 is 0 Å². The fraction of sp³-hybridized carbons (Fsp3) is 0.278. The van der Waals surface area contributed by atoms with Crippen molar-refractivity contribution in [3.8, 4) is 0 Å². The van der Waals surface area contributed by atoms with Crippen LogP contribution in [0.5, 0.6) is 0 Å². The minimum Gasteiger partial charge on any atom is -0.478 e. The number of hydrogen-bond acceptors (Lipinski definition) is 3. The van der Waals surface area contributed by atoms with Gasteiger partial charge in [-0.1, -0.05) is 24.6 Å². The van der Waals surface area contributed by atoms with Crippen molar-refractivity contribution in [2.24, 2.45) is 0 Å². The summed E-state index contributed by atoms with van der Waals surface area (Å²) in [5.41, 5.74) is 2.27. The third-order valence-corrected chi connectivity index (χ3v) is 4.26. The van der Waals surface area contributed by atoms with Gasteiger partial charge in [0.25, 0.3) is 0 Å². The van der Waals surface area contributed by atoms with Gasteiger partial charge in [-0.15, -0.1) is 0 Å². The molecule has 0 spiro atoms. The monoisotopic (exact) mass is 325 g/mol. The molecule has 0 bridgehead atoms. The van der Waals surface area contributed by atoms with Gasteiger partial charge < -0.3 is 10.4 Å². The van der Waals surface area contributed by atoms with Crippen LogP contribution in [0.25, 0.3) is 0 Å². The summed E-state index contributed by atoms with van der Waals surface area (Å²) >= 11 is 0. The van der Waals surface area contributed by atoms with E-state index >= 15 is 0 Å². The molecular formula is C18H19N3O3. The largest absolute Gasteiger partial charge is 0.478 e. The maximum absolute atomic E-state index is 11.9. The molecule has 1 heterocycles. The first-order valence-corrected chi connectivity index (χ1v) is 7.95. The maximum atomic E-state index is 11.9. The number of amides is 2. The van der Waals surface area contributed by atoms with Crippen molar-refractivity contribution in [1.29, 1.82) is 0 Å². The third kappa shape index (κ3) is 3.90. The van der Waals surface area contributed by atoms with Crippen LogP contribution in [0.3, 0.4) is 0 Å². The predicted octanol–water partition coefficient (Wildman–Crippen LogP) is 3.37. The molecule has 3 rings (SSSR count). The SMILES string of the molecule is O=C(NCc1ccc(C(=O)O)cc1)Nc1ccc(C2CCC2)cn1. The number of rotatable bonds is 5. The molecule has 0 saturated heterocycles. The minimum absolute atomic E-state index is 0.221. The molecular weight excluding hydrogens is 306 g/mol. The van der Waals surface area contributed by atoms with Gasteiger partial charge >= 0.3 is 12.0 Å². The van der Waals surface area contributed by atoms with E-state index in [1.807, 2.05) is 18.3 Å². The molecule has 0 aliphatic heterocycles. The quantitative estimate of drug-likeness (QED) is 0.786. The molecule has 1 aliphatic rings. The summed E-state index contributed by atoms with van der Waals surface area (Å²) in [6.45, 7) is 0.311. The van der Waals surface area contributed by atoms with Gasteiger partial charge in [0.05, 0.1) is 5.56 Å². The van der Waals surface area contributed by atoms with Crippen LogP contribution < -0.4 is 10.6 Å². The Morgan fingerprint density at radius 3 is 2.42 bits per heavy atom. The lowest BCUT2D eigenvalue weighted by Crippen LogP contribution is -2.28. The third-order valence-electron chi connectivity index (χ3n) is 4.26. The Bertz CT molecular complexity index is 722. The topological polar surface area (TPSA) is 91.3 Å². The lowest BCUT2D eigenvalue weighted by molar-refractivity contribution is 0.0697. The van der Waals surface area contributed by atoms with Crippen LogP contribution in [0.15, 0.2) is 42.6 Å². The number of aromatic carboxylic acids is 1. The number of hydrogen-bond donors (Lipinski definition) is 3. The summed E-state index contributed by atoms with van der Waals surface area (Å²) < 4.78 is 0. The Labute approximate surface area is 139 Å². The summed E-state index contributed by atoms with van der Waals surface area (Å²) in [5, 5.41) is 14.3. The number of carbonyl (C=O) groups excluding carboxylic acids is 1. The Hall–Kier alpha value is -2.89. The van der Waals surface area contributed by atoms with Gasteiger partial charge in [0, 0.05) is 12.7 Å². The van der Waals surface area contributed by atoms with Crippen LogP contribution in [0, 0.1) is 0 Å². The van der Waals surface area contributed by atoms with E-state index in [9.17, 15) is 9.59 Å². The summed E-state index contributed by atoms with van der Waals surface area (Å²) in [6.07, 6.45) is 5.54. The second-order valence-corrected chi connectivity index (χ2v) is 5.91. The Morgan fingerprint density at radius 2 is 1.88 bits per heavy atom. The zero-order valence-electron chi connectivity index (χ0n) is 13.2. The number of nitrogens with one attached hydrogen (secondary N) is 2. The number of benzene rings is 1. The lowest BCUT2D eigenvalue weighted by Gasteiger charge is -2.25. The molecule has 1 saturated carbocycles. The molecule has 3 N–H and O–H groups in total. The van der Waals surface area contributed by atoms with Crippen molar-refractivity contribution in [2.75, 3.05) is 5.32 Å². The molecule has 6 heteroatoms. The van der Waals surface area contributed by atoms with E-state index in [2.05, 4.69) is 15.6 Å². The van der Waals surface area contributed by atoms with Gasteiger partial charge in [0.1, 0.15) is 5.82 Å². The summed E-state index contributed by atoms with van der Waals surface area (Å²) in [6, 6.07) is 9.85. The number of pyridine rings is 1. The Kier molecular flexibility index (Phi) is 4.74. The van der Waals surface area contributed by atoms with Crippen LogP contribution in [0.1, 0.15) is 46.7 Å². The molecule has 2 amide bonds. The molecule has 1 aromatic carbocycles.